The number of aromatic nitrogens is 1. The Labute approximate surface area is 126 Å². The van der Waals surface area contributed by atoms with E-state index in [9.17, 15) is 8.42 Å². The molecule has 0 spiro atoms. The maximum absolute atomic E-state index is 12.4. The van der Waals surface area contributed by atoms with Crippen LogP contribution >= 0.6 is 15.9 Å². The summed E-state index contributed by atoms with van der Waals surface area (Å²) in [6.07, 6.45) is 1.53. The van der Waals surface area contributed by atoms with Crippen molar-refractivity contribution in [1.82, 2.24) is 4.98 Å². The third-order valence-corrected chi connectivity index (χ3v) is 4.78. The number of nitrogens with one attached hydrogen (secondary N) is 1. The van der Waals surface area contributed by atoms with Gasteiger partial charge in [-0.05, 0) is 53.0 Å². The number of nitrogens with zero attached hydrogens (tertiary/aromatic N) is 1. The van der Waals surface area contributed by atoms with Crippen LogP contribution in [-0.2, 0) is 10.0 Å². The predicted octanol–water partition coefficient (Wildman–Crippen LogP) is 2.84. The topological polar surface area (TPSA) is 85.1 Å². The Balaban J connectivity index is 2.46. The fourth-order valence-electron chi connectivity index (χ4n) is 1.87. The zero-order valence-electron chi connectivity index (χ0n) is 11.0. The van der Waals surface area contributed by atoms with Gasteiger partial charge in [-0.25, -0.2) is 13.4 Å². The first-order valence-corrected chi connectivity index (χ1v) is 8.09. The highest BCUT2D eigenvalue weighted by Crippen LogP contribution is 2.26. The minimum absolute atomic E-state index is 0.0871. The van der Waals surface area contributed by atoms with Crippen LogP contribution in [0.1, 0.15) is 11.1 Å². The second-order valence-electron chi connectivity index (χ2n) is 4.42. The molecular formula is C13H14BrN3O2S. The molecule has 5 nitrogen and oxygen atoms in total. The Hall–Kier alpha value is -1.60. The Kier molecular flexibility index (Phi) is 4.01. The number of sulfonamides is 1. The van der Waals surface area contributed by atoms with Gasteiger partial charge in [-0.1, -0.05) is 12.1 Å². The van der Waals surface area contributed by atoms with Crippen LogP contribution in [0, 0.1) is 13.8 Å². The SMILES string of the molecule is Cc1cc(Br)cnc1NS(=O)(=O)c1c(C)cccc1N. The molecule has 106 valence electrons. The highest BCUT2D eigenvalue weighted by atomic mass is 79.9. The summed E-state index contributed by atoms with van der Waals surface area (Å²) in [5.41, 5.74) is 7.30. The maximum atomic E-state index is 12.4. The minimum Gasteiger partial charge on any atom is -0.398 e. The van der Waals surface area contributed by atoms with Crippen molar-refractivity contribution in [3.63, 3.8) is 0 Å². The molecular weight excluding hydrogens is 342 g/mol. The summed E-state index contributed by atoms with van der Waals surface area (Å²) < 4.78 is 28.1. The van der Waals surface area contributed by atoms with E-state index in [1.54, 1.807) is 38.1 Å². The number of nitrogens with two attached hydrogens (primary N) is 1. The van der Waals surface area contributed by atoms with Crippen molar-refractivity contribution < 1.29 is 8.42 Å². The molecule has 0 fully saturated rings. The highest BCUT2D eigenvalue weighted by Gasteiger charge is 2.21. The maximum Gasteiger partial charge on any atom is 0.265 e. The monoisotopic (exact) mass is 355 g/mol. The van der Waals surface area contributed by atoms with Crippen LogP contribution in [0.2, 0.25) is 0 Å². The lowest BCUT2D eigenvalue weighted by molar-refractivity contribution is 0.601. The summed E-state index contributed by atoms with van der Waals surface area (Å²) in [5, 5.41) is 0. The average molecular weight is 356 g/mol. The predicted molar refractivity (Wildman–Crippen MR) is 83.1 cm³/mol. The lowest BCUT2D eigenvalue weighted by Gasteiger charge is -2.13. The van der Waals surface area contributed by atoms with Gasteiger partial charge < -0.3 is 5.73 Å². The van der Waals surface area contributed by atoms with Gasteiger partial charge >= 0.3 is 0 Å². The number of nitrogen functional groups attached to an aromatic ring is 1. The summed E-state index contributed by atoms with van der Waals surface area (Å²) in [6.45, 7) is 3.48. The Bertz CT molecular complexity index is 740. The van der Waals surface area contributed by atoms with E-state index < -0.39 is 10.0 Å². The molecule has 0 saturated heterocycles. The molecule has 0 aliphatic heterocycles. The number of hydrogen-bond acceptors (Lipinski definition) is 4. The van der Waals surface area contributed by atoms with Gasteiger partial charge in [0.25, 0.3) is 10.0 Å². The van der Waals surface area contributed by atoms with Gasteiger partial charge in [0.15, 0.2) is 0 Å². The van der Waals surface area contributed by atoms with Crippen molar-refractivity contribution in [3.05, 3.63) is 46.1 Å². The minimum atomic E-state index is -3.76. The third kappa shape index (κ3) is 2.94. The fourth-order valence-corrected chi connectivity index (χ4v) is 3.75. The van der Waals surface area contributed by atoms with E-state index in [2.05, 4.69) is 25.6 Å². The molecule has 0 bridgehead atoms. The number of hydrogen-bond donors (Lipinski definition) is 2. The van der Waals surface area contributed by atoms with E-state index >= 15 is 0 Å². The first-order valence-electron chi connectivity index (χ1n) is 5.81. The summed E-state index contributed by atoms with van der Waals surface area (Å²) in [7, 11) is -3.76. The standard InChI is InChI=1S/C13H14BrN3O2S/c1-8-4-3-5-11(15)12(8)20(18,19)17-13-9(2)6-10(14)7-16-13/h3-7H,15H2,1-2H3,(H,16,17). The summed E-state index contributed by atoms with van der Waals surface area (Å²) in [6, 6.07) is 6.76. The van der Waals surface area contributed by atoms with Crippen molar-refractivity contribution in [2.45, 2.75) is 18.7 Å². The highest BCUT2D eigenvalue weighted by molar-refractivity contribution is 9.10. The molecule has 20 heavy (non-hydrogen) atoms. The van der Waals surface area contributed by atoms with Crippen LogP contribution in [0.3, 0.4) is 0 Å². The number of anilines is 2. The molecule has 3 N–H and O–H groups in total. The number of halogens is 1. The van der Waals surface area contributed by atoms with Crippen LogP contribution in [-0.4, -0.2) is 13.4 Å². The molecule has 0 aliphatic carbocycles. The van der Waals surface area contributed by atoms with Gasteiger partial charge in [-0.2, -0.15) is 0 Å². The largest absolute Gasteiger partial charge is 0.398 e. The van der Waals surface area contributed by atoms with E-state index in [1.807, 2.05) is 0 Å². The van der Waals surface area contributed by atoms with Crippen LogP contribution in [0.5, 0.6) is 0 Å². The lowest BCUT2D eigenvalue weighted by atomic mass is 10.2. The molecule has 0 atom stereocenters. The van der Waals surface area contributed by atoms with E-state index in [0.29, 0.717) is 5.56 Å². The zero-order valence-corrected chi connectivity index (χ0v) is 13.4. The number of rotatable bonds is 3. The van der Waals surface area contributed by atoms with E-state index in [4.69, 9.17) is 5.73 Å². The van der Waals surface area contributed by atoms with E-state index in [0.717, 1.165) is 10.0 Å². The number of aryl methyl sites for hydroxylation is 2. The molecule has 2 aromatic rings. The van der Waals surface area contributed by atoms with Gasteiger partial charge in [-0.15, -0.1) is 0 Å². The first kappa shape index (κ1) is 14.8. The molecule has 0 aliphatic rings. The molecule has 0 unspecified atom stereocenters. The zero-order chi connectivity index (χ0) is 14.9. The van der Waals surface area contributed by atoms with Crippen molar-refractivity contribution in [3.8, 4) is 0 Å². The van der Waals surface area contributed by atoms with Crippen LogP contribution in [0.15, 0.2) is 39.8 Å². The Morgan fingerprint density at radius 3 is 2.55 bits per heavy atom. The smallest absolute Gasteiger partial charge is 0.265 e. The third-order valence-electron chi connectivity index (χ3n) is 2.79. The molecule has 0 radical (unpaired) electrons. The summed E-state index contributed by atoms with van der Waals surface area (Å²) >= 11 is 3.28. The van der Waals surface area contributed by atoms with E-state index in [-0.39, 0.29) is 16.4 Å². The Morgan fingerprint density at radius 2 is 1.95 bits per heavy atom. The van der Waals surface area contributed by atoms with Gasteiger partial charge in [0.1, 0.15) is 10.7 Å². The average Bonchev–Trinajstić information content (AvgIpc) is 2.32. The van der Waals surface area contributed by atoms with E-state index in [1.165, 1.54) is 6.20 Å². The molecule has 0 saturated carbocycles. The second-order valence-corrected chi connectivity index (χ2v) is 6.95. The first-order chi connectivity index (χ1) is 9.31. The quantitative estimate of drug-likeness (QED) is 0.829. The lowest BCUT2D eigenvalue weighted by Crippen LogP contribution is -2.17. The summed E-state index contributed by atoms with van der Waals surface area (Å²) in [4.78, 5) is 4.16. The second kappa shape index (κ2) is 5.41. The van der Waals surface area contributed by atoms with Gasteiger partial charge in [-0.3, -0.25) is 4.72 Å². The van der Waals surface area contributed by atoms with Crippen molar-refractivity contribution in [1.29, 1.82) is 0 Å². The molecule has 0 amide bonds. The Morgan fingerprint density at radius 1 is 1.25 bits per heavy atom. The molecule has 1 aromatic heterocycles. The van der Waals surface area contributed by atoms with Crippen molar-refractivity contribution in [2.75, 3.05) is 10.5 Å². The van der Waals surface area contributed by atoms with Crippen LogP contribution < -0.4 is 10.5 Å². The molecule has 1 heterocycles. The molecule has 2 rings (SSSR count). The fraction of sp³-hybridized carbons (Fsp3) is 0.154. The summed E-state index contributed by atoms with van der Waals surface area (Å²) in [5.74, 6) is 0.288. The number of benzene rings is 1. The van der Waals surface area contributed by atoms with Gasteiger partial charge in [0, 0.05) is 10.7 Å². The van der Waals surface area contributed by atoms with Crippen LogP contribution in [0.25, 0.3) is 0 Å². The van der Waals surface area contributed by atoms with Gasteiger partial charge in [0.05, 0.1) is 5.69 Å². The normalized spacial score (nSPS) is 11.3. The van der Waals surface area contributed by atoms with Gasteiger partial charge in [0.2, 0.25) is 0 Å². The van der Waals surface area contributed by atoms with Crippen LogP contribution in [0.4, 0.5) is 11.5 Å². The van der Waals surface area contributed by atoms with Crippen molar-refractivity contribution >= 4 is 37.5 Å². The van der Waals surface area contributed by atoms with Crippen molar-refractivity contribution in [2.24, 2.45) is 0 Å². The molecule has 7 heteroatoms. The number of pyridine rings is 1. The molecule has 1 aromatic carbocycles.